The molecule has 1 atom stereocenters. The minimum absolute atomic E-state index is 0.0478. The number of hydrogen-bond donors (Lipinski definition) is 1. The molecule has 5 nitrogen and oxygen atoms in total. The standard InChI is InChI=1S/C13H24N2O3/c1-5-13(2,3)14(4)12(18)15-8-6-7-10(15)9-11(16)17/h10H,5-9H2,1-4H3,(H,16,17). The number of nitrogens with zero attached hydrogens (tertiary/aromatic N) is 2. The molecule has 1 heterocycles. The second kappa shape index (κ2) is 5.59. The first-order chi connectivity index (χ1) is 8.29. The molecule has 0 aliphatic carbocycles. The molecule has 0 saturated carbocycles. The molecule has 0 radical (unpaired) electrons. The van der Waals surface area contributed by atoms with E-state index >= 15 is 0 Å². The number of rotatable bonds is 4. The zero-order valence-electron chi connectivity index (χ0n) is 11.8. The van der Waals surface area contributed by atoms with E-state index in [4.69, 9.17) is 5.11 Å². The molecule has 18 heavy (non-hydrogen) atoms. The molecule has 2 amide bonds. The Labute approximate surface area is 109 Å². The first kappa shape index (κ1) is 14.8. The Balaban J connectivity index is 2.73. The van der Waals surface area contributed by atoms with Crippen molar-refractivity contribution in [2.45, 2.75) is 58.0 Å². The molecule has 5 heteroatoms. The van der Waals surface area contributed by atoms with Crippen molar-refractivity contribution in [1.29, 1.82) is 0 Å². The summed E-state index contributed by atoms with van der Waals surface area (Å²) in [5, 5.41) is 8.87. The molecule has 0 spiro atoms. The van der Waals surface area contributed by atoms with Gasteiger partial charge in [0.2, 0.25) is 0 Å². The fourth-order valence-electron chi connectivity index (χ4n) is 2.19. The molecule has 1 rings (SSSR count). The molecule has 0 aromatic carbocycles. The number of carboxylic acid groups (broad SMARTS) is 1. The minimum atomic E-state index is -0.836. The smallest absolute Gasteiger partial charge is 0.320 e. The van der Waals surface area contributed by atoms with Crippen LogP contribution in [0.1, 0.15) is 46.5 Å². The normalized spacial score (nSPS) is 20.0. The first-order valence-corrected chi connectivity index (χ1v) is 6.56. The third-order valence-corrected chi connectivity index (χ3v) is 4.09. The van der Waals surface area contributed by atoms with Crippen LogP contribution < -0.4 is 0 Å². The number of carboxylic acids is 1. The van der Waals surface area contributed by atoms with Gasteiger partial charge in [-0.15, -0.1) is 0 Å². The van der Waals surface area contributed by atoms with Crippen molar-refractivity contribution < 1.29 is 14.7 Å². The highest BCUT2D eigenvalue weighted by atomic mass is 16.4. The average molecular weight is 256 g/mol. The maximum Gasteiger partial charge on any atom is 0.320 e. The fourth-order valence-corrected chi connectivity index (χ4v) is 2.19. The number of likely N-dealkylation sites (tertiary alicyclic amines) is 1. The third kappa shape index (κ3) is 3.15. The van der Waals surface area contributed by atoms with Gasteiger partial charge >= 0.3 is 12.0 Å². The van der Waals surface area contributed by atoms with Crippen molar-refractivity contribution in [1.82, 2.24) is 9.80 Å². The molecule has 0 aromatic rings. The van der Waals surface area contributed by atoms with Gasteiger partial charge in [0.1, 0.15) is 0 Å². The monoisotopic (exact) mass is 256 g/mol. The lowest BCUT2D eigenvalue weighted by Gasteiger charge is -2.38. The van der Waals surface area contributed by atoms with Crippen LogP contribution in [0.15, 0.2) is 0 Å². The summed E-state index contributed by atoms with van der Waals surface area (Å²) in [7, 11) is 1.79. The van der Waals surface area contributed by atoms with Crippen LogP contribution in [0, 0.1) is 0 Å². The van der Waals surface area contributed by atoms with Gasteiger partial charge < -0.3 is 14.9 Å². The third-order valence-electron chi connectivity index (χ3n) is 4.09. The quantitative estimate of drug-likeness (QED) is 0.838. The number of aliphatic carboxylic acids is 1. The molecule has 1 aliphatic heterocycles. The molecule has 0 bridgehead atoms. The summed E-state index contributed by atoms with van der Waals surface area (Å²) >= 11 is 0. The lowest BCUT2D eigenvalue weighted by atomic mass is 10.0. The minimum Gasteiger partial charge on any atom is -0.481 e. The van der Waals surface area contributed by atoms with Gasteiger partial charge in [0.15, 0.2) is 0 Å². The van der Waals surface area contributed by atoms with Crippen molar-refractivity contribution in [3.8, 4) is 0 Å². The van der Waals surface area contributed by atoms with Gasteiger partial charge in [-0.3, -0.25) is 4.79 Å². The highest BCUT2D eigenvalue weighted by Crippen LogP contribution is 2.25. The lowest BCUT2D eigenvalue weighted by molar-refractivity contribution is -0.138. The van der Waals surface area contributed by atoms with Crippen molar-refractivity contribution in [2.75, 3.05) is 13.6 Å². The Morgan fingerprint density at radius 1 is 1.44 bits per heavy atom. The maximum atomic E-state index is 12.4. The zero-order valence-corrected chi connectivity index (χ0v) is 11.8. The molecule has 1 saturated heterocycles. The van der Waals surface area contributed by atoms with E-state index < -0.39 is 5.97 Å². The Morgan fingerprint density at radius 3 is 2.56 bits per heavy atom. The van der Waals surface area contributed by atoms with Crippen molar-refractivity contribution in [3.63, 3.8) is 0 Å². The van der Waals surface area contributed by atoms with E-state index in [0.717, 1.165) is 19.3 Å². The number of carbonyl (C=O) groups is 2. The van der Waals surface area contributed by atoms with Crippen molar-refractivity contribution in [3.05, 3.63) is 0 Å². The summed E-state index contributed by atoms with van der Waals surface area (Å²) in [4.78, 5) is 26.6. The second-order valence-corrected chi connectivity index (χ2v) is 5.59. The second-order valence-electron chi connectivity index (χ2n) is 5.59. The van der Waals surface area contributed by atoms with Gasteiger partial charge in [0, 0.05) is 25.2 Å². The topological polar surface area (TPSA) is 60.9 Å². The van der Waals surface area contributed by atoms with Crippen molar-refractivity contribution in [2.24, 2.45) is 0 Å². The predicted molar refractivity (Wildman–Crippen MR) is 69.5 cm³/mol. The molecular formula is C13H24N2O3. The number of amides is 2. The Bertz CT molecular complexity index is 328. The molecular weight excluding hydrogens is 232 g/mol. The lowest BCUT2D eigenvalue weighted by Crippen LogP contribution is -2.52. The molecule has 1 fully saturated rings. The van der Waals surface area contributed by atoms with Gasteiger partial charge in [-0.1, -0.05) is 6.92 Å². The summed E-state index contributed by atoms with van der Waals surface area (Å²) in [6.45, 7) is 6.75. The van der Waals surface area contributed by atoms with Gasteiger partial charge in [-0.05, 0) is 33.1 Å². The van der Waals surface area contributed by atoms with E-state index in [1.54, 1.807) is 16.8 Å². The summed E-state index contributed by atoms with van der Waals surface area (Å²) in [5.74, 6) is -0.836. The number of carbonyl (C=O) groups excluding carboxylic acids is 1. The predicted octanol–water partition coefficient (Wildman–Crippen LogP) is 2.17. The summed E-state index contributed by atoms with van der Waals surface area (Å²) in [6, 6.07) is -0.198. The van der Waals surface area contributed by atoms with Gasteiger partial charge in [-0.25, -0.2) is 4.79 Å². The molecule has 0 aromatic heterocycles. The van der Waals surface area contributed by atoms with Gasteiger partial charge in [-0.2, -0.15) is 0 Å². The van der Waals surface area contributed by atoms with E-state index in [-0.39, 0.29) is 24.0 Å². The van der Waals surface area contributed by atoms with E-state index in [2.05, 4.69) is 0 Å². The molecule has 1 unspecified atom stereocenters. The number of hydrogen-bond acceptors (Lipinski definition) is 2. The SMILES string of the molecule is CCC(C)(C)N(C)C(=O)N1CCCC1CC(=O)O. The van der Waals surface area contributed by atoms with Crippen LogP contribution in [0.3, 0.4) is 0 Å². The van der Waals surface area contributed by atoms with Crippen LogP contribution >= 0.6 is 0 Å². The van der Waals surface area contributed by atoms with Crippen LogP contribution in [-0.4, -0.2) is 52.1 Å². The molecule has 1 N–H and O–H groups in total. The summed E-state index contributed by atoms with van der Waals surface area (Å²) in [6.07, 6.45) is 2.60. The van der Waals surface area contributed by atoms with Gasteiger partial charge in [0.25, 0.3) is 0 Å². The zero-order chi connectivity index (χ0) is 13.9. The summed E-state index contributed by atoms with van der Waals surface area (Å²) < 4.78 is 0. The van der Waals surface area contributed by atoms with E-state index in [9.17, 15) is 9.59 Å². The van der Waals surface area contributed by atoms with Crippen LogP contribution in [0.4, 0.5) is 4.79 Å². The van der Waals surface area contributed by atoms with Crippen molar-refractivity contribution >= 4 is 12.0 Å². The highest BCUT2D eigenvalue weighted by molar-refractivity contribution is 5.77. The van der Waals surface area contributed by atoms with Crippen LogP contribution in [0.5, 0.6) is 0 Å². The fraction of sp³-hybridized carbons (Fsp3) is 0.846. The largest absolute Gasteiger partial charge is 0.481 e. The Kier molecular flexibility index (Phi) is 4.59. The summed E-state index contributed by atoms with van der Waals surface area (Å²) in [5.41, 5.74) is -0.201. The van der Waals surface area contributed by atoms with Crippen LogP contribution in [0.25, 0.3) is 0 Å². The Morgan fingerprint density at radius 2 is 2.06 bits per heavy atom. The maximum absolute atomic E-state index is 12.4. The number of urea groups is 1. The average Bonchev–Trinajstić information content (AvgIpc) is 2.74. The van der Waals surface area contributed by atoms with E-state index in [1.807, 2.05) is 20.8 Å². The van der Waals surface area contributed by atoms with Gasteiger partial charge in [0.05, 0.1) is 6.42 Å². The first-order valence-electron chi connectivity index (χ1n) is 6.56. The molecule has 1 aliphatic rings. The van der Waals surface area contributed by atoms with Crippen LogP contribution in [0.2, 0.25) is 0 Å². The highest BCUT2D eigenvalue weighted by Gasteiger charge is 2.35. The Hall–Kier alpha value is -1.26. The van der Waals surface area contributed by atoms with E-state index in [1.165, 1.54) is 0 Å². The van der Waals surface area contributed by atoms with E-state index in [0.29, 0.717) is 6.54 Å². The van der Waals surface area contributed by atoms with Crippen LogP contribution in [-0.2, 0) is 4.79 Å². The molecule has 104 valence electrons.